The summed E-state index contributed by atoms with van der Waals surface area (Å²) in [7, 11) is 0. The van der Waals surface area contributed by atoms with Gasteiger partial charge in [0.15, 0.2) is 5.69 Å². The van der Waals surface area contributed by atoms with Gasteiger partial charge in [0.25, 0.3) is 5.56 Å². The van der Waals surface area contributed by atoms with Crippen molar-refractivity contribution in [2.24, 2.45) is 0 Å². The van der Waals surface area contributed by atoms with Crippen molar-refractivity contribution in [1.29, 1.82) is 0 Å². The van der Waals surface area contributed by atoms with Crippen LogP contribution in [0.15, 0.2) is 47.3 Å². The van der Waals surface area contributed by atoms with Crippen LogP contribution in [0.3, 0.4) is 0 Å². The lowest BCUT2D eigenvalue weighted by Crippen LogP contribution is -2.99. The average molecular weight is 346 g/mol. The van der Waals surface area contributed by atoms with Crippen molar-refractivity contribution in [2.45, 2.75) is 0 Å². The molecule has 2 aromatic carbocycles. The molecule has 0 aliphatic carbocycles. The first kappa shape index (κ1) is 16.2. The number of fused-ring (bicyclic) bond motifs is 1. The third-order valence-electron chi connectivity index (χ3n) is 3.38. The van der Waals surface area contributed by atoms with Gasteiger partial charge in [-0.15, -0.1) is 0 Å². The Hall–Kier alpha value is -2.71. The SMILES string of the molecule is O=c1[nH]c2cc([NH+]([O-])O)ccc2nc1/C=C(\O)c1ccc(Cl)cc1. The van der Waals surface area contributed by atoms with Crippen molar-refractivity contribution in [3.8, 4) is 0 Å². The van der Waals surface area contributed by atoms with Crippen LogP contribution in [-0.4, -0.2) is 20.3 Å². The second-order valence-electron chi connectivity index (χ2n) is 5.02. The molecule has 1 atom stereocenters. The summed E-state index contributed by atoms with van der Waals surface area (Å²) in [5, 5.41) is 29.5. The minimum atomic E-state index is -1.10. The first-order chi connectivity index (χ1) is 11.4. The van der Waals surface area contributed by atoms with E-state index in [0.29, 0.717) is 21.6 Å². The van der Waals surface area contributed by atoms with Crippen molar-refractivity contribution in [1.82, 2.24) is 9.97 Å². The van der Waals surface area contributed by atoms with Crippen LogP contribution in [-0.2, 0) is 0 Å². The van der Waals surface area contributed by atoms with Crippen molar-refractivity contribution in [3.05, 3.63) is 74.3 Å². The normalized spacial score (nSPS) is 13.2. The standard InChI is InChI=1S/C16H12ClN3O4/c17-10-3-1-9(2-4-10)15(21)8-14-16(22)19-13-7-11(20(23)24)5-6-12(13)18-14/h1-8,20-21,23H,(H,19,22)/b15-8-. The molecule has 0 fully saturated rings. The van der Waals surface area contributed by atoms with Gasteiger partial charge >= 0.3 is 0 Å². The predicted octanol–water partition coefficient (Wildman–Crippen LogP) is 2.04. The molecule has 0 saturated carbocycles. The van der Waals surface area contributed by atoms with Gasteiger partial charge in [0.05, 0.1) is 11.0 Å². The molecule has 8 heteroatoms. The third-order valence-corrected chi connectivity index (χ3v) is 3.63. The smallest absolute Gasteiger partial charge is 0.274 e. The Labute approximate surface area is 140 Å². The maximum atomic E-state index is 12.1. The second kappa shape index (κ2) is 6.42. The maximum Gasteiger partial charge on any atom is 0.274 e. The maximum absolute atomic E-state index is 12.1. The van der Waals surface area contributed by atoms with Crippen LogP contribution < -0.4 is 10.8 Å². The number of aromatic amines is 1. The summed E-state index contributed by atoms with van der Waals surface area (Å²) >= 11 is 5.79. The fraction of sp³-hybridized carbons (Fsp3) is 0. The molecule has 1 aromatic heterocycles. The van der Waals surface area contributed by atoms with Crippen molar-refractivity contribution in [2.75, 3.05) is 0 Å². The van der Waals surface area contributed by atoms with E-state index < -0.39 is 10.8 Å². The fourth-order valence-electron chi connectivity index (χ4n) is 2.16. The topological polar surface area (TPSA) is 114 Å². The molecule has 0 aliphatic heterocycles. The monoisotopic (exact) mass is 345 g/mol. The van der Waals surface area contributed by atoms with Crippen LogP contribution >= 0.6 is 11.6 Å². The largest absolute Gasteiger partial charge is 0.595 e. The first-order valence-electron chi connectivity index (χ1n) is 6.88. The van der Waals surface area contributed by atoms with Gasteiger partial charge in [0, 0.05) is 28.8 Å². The number of nitrogens with zero attached hydrogens (tertiary/aromatic N) is 1. The number of rotatable bonds is 3. The molecule has 3 rings (SSSR count). The van der Waals surface area contributed by atoms with Crippen LogP contribution in [0.4, 0.5) is 5.69 Å². The van der Waals surface area contributed by atoms with E-state index in [1.165, 1.54) is 24.3 Å². The van der Waals surface area contributed by atoms with Crippen molar-refractivity contribution in [3.63, 3.8) is 0 Å². The molecule has 0 saturated heterocycles. The number of benzene rings is 2. The van der Waals surface area contributed by atoms with E-state index in [1.807, 2.05) is 0 Å². The summed E-state index contributed by atoms with van der Waals surface area (Å²) in [4.78, 5) is 18.8. The minimum Gasteiger partial charge on any atom is -0.595 e. The Morgan fingerprint density at radius 1 is 1.25 bits per heavy atom. The van der Waals surface area contributed by atoms with Gasteiger partial charge < -0.3 is 15.3 Å². The number of aromatic nitrogens is 2. The summed E-state index contributed by atoms with van der Waals surface area (Å²) in [5.41, 5.74) is 0.732. The van der Waals surface area contributed by atoms with Gasteiger partial charge in [-0.3, -0.25) is 4.79 Å². The Balaban J connectivity index is 2.05. The van der Waals surface area contributed by atoms with Crippen LogP contribution in [0.1, 0.15) is 11.3 Å². The zero-order valence-electron chi connectivity index (χ0n) is 12.2. The average Bonchev–Trinajstić information content (AvgIpc) is 2.55. The van der Waals surface area contributed by atoms with Crippen molar-refractivity contribution >= 4 is 40.2 Å². The summed E-state index contributed by atoms with van der Waals surface area (Å²) in [6.07, 6.45) is 1.24. The number of hydrogen-bond acceptors (Lipinski definition) is 5. The van der Waals surface area contributed by atoms with Gasteiger partial charge in [-0.05, 0) is 30.3 Å². The number of aliphatic hydroxyl groups is 1. The van der Waals surface area contributed by atoms with Gasteiger partial charge in [-0.1, -0.05) is 11.6 Å². The Kier molecular flexibility index (Phi) is 4.32. The molecule has 0 spiro atoms. The van der Waals surface area contributed by atoms with Gasteiger partial charge in [0.1, 0.15) is 11.5 Å². The molecule has 0 aliphatic rings. The van der Waals surface area contributed by atoms with Gasteiger partial charge in [-0.2, -0.15) is 5.23 Å². The van der Waals surface area contributed by atoms with E-state index in [0.717, 1.165) is 0 Å². The first-order valence-corrected chi connectivity index (χ1v) is 7.26. The number of halogens is 1. The molecule has 3 aromatic rings. The predicted molar refractivity (Wildman–Crippen MR) is 90.1 cm³/mol. The summed E-state index contributed by atoms with van der Waals surface area (Å²) in [6, 6.07) is 10.7. The molecular formula is C16H12ClN3O4. The highest BCUT2D eigenvalue weighted by Gasteiger charge is 2.08. The summed E-state index contributed by atoms with van der Waals surface area (Å²) in [6.45, 7) is 0. The summed E-state index contributed by atoms with van der Waals surface area (Å²) in [5.74, 6) is -0.133. The van der Waals surface area contributed by atoms with E-state index in [9.17, 15) is 15.1 Å². The quantitative estimate of drug-likeness (QED) is 0.428. The lowest BCUT2D eigenvalue weighted by molar-refractivity contribution is -0.991. The van der Waals surface area contributed by atoms with E-state index in [4.69, 9.17) is 16.8 Å². The number of aliphatic hydroxyl groups excluding tert-OH is 1. The van der Waals surface area contributed by atoms with Crippen molar-refractivity contribution < 1.29 is 15.5 Å². The number of nitrogens with one attached hydrogen (secondary N) is 2. The Morgan fingerprint density at radius 3 is 2.62 bits per heavy atom. The van der Waals surface area contributed by atoms with E-state index in [1.54, 1.807) is 24.3 Å². The Bertz CT molecular complexity index is 981. The summed E-state index contributed by atoms with van der Waals surface area (Å²) < 4.78 is 0. The highest BCUT2D eigenvalue weighted by molar-refractivity contribution is 6.30. The third kappa shape index (κ3) is 3.29. The molecule has 0 bridgehead atoms. The zero-order chi connectivity index (χ0) is 17.3. The minimum absolute atomic E-state index is 0.0121. The molecule has 1 heterocycles. The second-order valence-corrected chi connectivity index (χ2v) is 5.46. The molecule has 122 valence electrons. The number of hydrogen-bond donors (Lipinski definition) is 4. The number of quaternary nitrogens is 1. The van der Waals surface area contributed by atoms with E-state index in [-0.39, 0.29) is 17.1 Å². The highest BCUT2D eigenvalue weighted by Crippen LogP contribution is 2.18. The van der Waals surface area contributed by atoms with Crippen LogP contribution in [0, 0.1) is 5.21 Å². The molecule has 0 radical (unpaired) electrons. The van der Waals surface area contributed by atoms with E-state index in [2.05, 4.69) is 9.97 Å². The molecule has 1 unspecified atom stereocenters. The molecule has 24 heavy (non-hydrogen) atoms. The molecule has 4 N–H and O–H groups in total. The molecule has 0 amide bonds. The van der Waals surface area contributed by atoms with Gasteiger partial charge in [0.2, 0.25) is 0 Å². The van der Waals surface area contributed by atoms with E-state index >= 15 is 0 Å². The van der Waals surface area contributed by atoms with Gasteiger partial charge in [-0.25, -0.2) is 10.2 Å². The van der Waals surface area contributed by atoms with Crippen LogP contribution in [0.2, 0.25) is 5.02 Å². The lowest BCUT2D eigenvalue weighted by Gasteiger charge is -2.11. The zero-order valence-corrected chi connectivity index (χ0v) is 12.9. The lowest BCUT2D eigenvalue weighted by atomic mass is 10.1. The highest BCUT2D eigenvalue weighted by atomic mass is 35.5. The fourth-order valence-corrected chi connectivity index (χ4v) is 2.29. The molecular weight excluding hydrogens is 334 g/mol. The molecule has 7 nitrogen and oxygen atoms in total. The van der Waals surface area contributed by atoms with Crippen LogP contribution in [0.25, 0.3) is 22.9 Å². The Morgan fingerprint density at radius 2 is 1.96 bits per heavy atom. The number of H-pyrrole nitrogens is 1. The van der Waals surface area contributed by atoms with Crippen LogP contribution in [0.5, 0.6) is 0 Å².